The highest BCUT2D eigenvalue weighted by molar-refractivity contribution is 5.33. The number of rotatable bonds is 5. The third-order valence-corrected chi connectivity index (χ3v) is 1.92. The van der Waals surface area contributed by atoms with E-state index in [0.29, 0.717) is 5.69 Å². The van der Waals surface area contributed by atoms with E-state index in [4.69, 9.17) is 10.5 Å². The molecule has 0 spiro atoms. The Morgan fingerprint density at radius 1 is 1.57 bits per heavy atom. The predicted molar refractivity (Wildman–Crippen MR) is 56.2 cm³/mol. The normalized spacial score (nSPS) is 10.4. The van der Waals surface area contributed by atoms with Gasteiger partial charge in [0.15, 0.2) is 0 Å². The number of anilines is 1. The van der Waals surface area contributed by atoms with Gasteiger partial charge >= 0.3 is 0 Å². The van der Waals surface area contributed by atoms with E-state index in [1.54, 1.807) is 12.4 Å². The first-order valence-corrected chi connectivity index (χ1v) is 4.77. The molecule has 0 aliphatic carbocycles. The number of hydrogen-bond acceptors (Lipinski definition) is 3. The van der Waals surface area contributed by atoms with Crippen molar-refractivity contribution < 1.29 is 4.74 Å². The summed E-state index contributed by atoms with van der Waals surface area (Å²) in [6, 6.07) is 1.48. The Hall–Kier alpha value is -1.29. The Balaban J connectivity index is 2.43. The number of ether oxygens (including phenoxy) is 1. The molecular formula is C10H16N2O2. The van der Waals surface area contributed by atoms with Crippen LogP contribution in [0.5, 0.6) is 0 Å². The minimum absolute atomic E-state index is 0.119. The Labute approximate surface area is 83.3 Å². The molecule has 0 radical (unpaired) electrons. The maximum Gasteiger partial charge on any atom is 0.204 e. The number of aryl methyl sites for hydroxylation is 1. The molecule has 1 aromatic heterocycles. The highest BCUT2D eigenvalue weighted by atomic mass is 16.5. The van der Waals surface area contributed by atoms with E-state index in [2.05, 4.69) is 0 Å². The number of nitrogen functional groups attached to an aromatic ring is 1. The van der Waals surface area contributed by atoms with Crippen LogP contribution in [-0.2, 0) is 11.3 Å². The van der Waals surface area contributed by atoms with Gasteiger partial charge in [-0.2, -0.15) is 0 Å². The van der Waals surface area contributed by atoms with E-state index in [-0.39, 0.29) is 5.43 Å². The molecule has 0 bridgehead atoms. The smallest absolute Gasteiger partial charge is 0.204 e. The van der Waals surface area contributed by atoms with Gasteiger partial charge in [-0.05, 0) is 13.3 Å². The second-order valence-corrected chi connectivity index (χ2v) is 3.05. The maximum atomic E-state index is 11.0. The number of hydrogen-bond donors (Lipinski definition) is 1. The molecule has 0 amide bonds. The lowest BCUT2D eigenvalue weighted by Crippen LogP contribution is -2.11. The van der Waals surface area contributed by atoms with E-state index in [1.807, 2.05) is 11.5 Å². The van der Waals surface area contributed by atoms with Crippen molar-refractivity contribution in [3.05, 3.63) is 28.7 Å². The lowest BCUT2D eigenvalue weighted by Gasteiger charge is -2.06. The molecule has 0 unspecified atom stereocenters. The van der Waals surface area contributed by atoms with E-state index in [1.165, 1.54) is 6.07 Å². The average Bonchev–Trinajstić information content (AvgIpc) is 2.18. The van der Waals surface area contributed by atoms with Crippen molar-refractivity contribution in [3.63, 3.8) is 0 Å². The van der Waals surface area contributed by atoms with Gasteiger partial charge in [0.1, 0.15) is 0 Å². The molecule has 4 heteroatoms. The molecule has 0 saturated heterocycles. The largest absolute Gasteiger partial charge is 0.394 e. The van der Waals surface area contributed by atoms with Gasteiger partial charge in [-0.25, -0.2) is 0 Å². The Kier molecular flexibility index (Phi) is 4.19. The van der Waals surface area contributed by atoms with Gasteiger partial charge < -0.3 is 15.0 Å². The third kappa shape index (κ3) is 3.22. The van der Waals surface area contributed by atoms with E-state index < -0.39 is 0 Å². The van der Waals surface area contributed by atoms with Crippen molar-refractivity contribution in [2.45, 2.75) is 19.9 Å². The number of pyridine rings is 1. The Morgan fingerprint density at radius 2 is 2.36 bits per heavy atom. The van der Waals surface area contributed by atoms with Gasteiger partial charge in [0.05, 0.1) is 5.69 Å². The van der Waals surface area contributed by atoms with E-state index in [0.717, 1.165) is 26.2 Å². The van der Waals surface area contributed by atoms with Crippen LogP contribution in [0.15, 0.2) is 23.3 Å². The molecule has 2 N–H and O–H groups in total. The second-order valence-electron chi connectivity index (χ2n) is 3.05. The van der Waals surface area contributed by atoms with Crippen LogP contribution in [-0.4, -0.2) is 17.8 Å². The molecular weight excluding hydrogens is 180 g/mol. The van der Waals surface area contributed by atoms with Crippen LogP contribution in [0, 0.1) is 0 Å². The number of nitrogens with zero attached hydrogens (tertiary/aromatic N) is 1. The van der Waals surface area contributed by atoms with E-state index >= 15 is 0 Å². The number of nitrogens with two attached hydrogens (primary N) is 1. The summed E-state index contributed by atoms with van der Waals surface area (Å²) in [5.74, 6) is 0. The van der Waals surface area contributed by atoms with Crippen LogP contribution in [0.4, 0.5) is 5.69 Å². The lowest BCUT2D eigenvalue weighted by atomic mass is 10.4. The molecule has 14 heavy (non-hydrogen) atoms. The molecule has 1 heterocycles. The van der Waals surface area contributed by atoms with Crippen molar-refractivity contribution in [2.75, 3.05) is 18.9 Å². The summed E-state index contributed by atoms with van der Waals surface area (Å²) in [6.07, 6.45) is 4.33. The summed E-state index contributed by atoms with van der Waals surface area (Å²) >= 11 is 0. The first-order valence-electron chi connectivity index (χ1n) is 4.77. The van der Waals surface area contributed by atoms with Crippen LogP contribution in [0.1, 0.15) is 13.3 Å². The molecule has 1 rings (SSSR count). The topological polar surface area (TPSA) is 57.2 Å². The molecule has 0 saturated carbocycles. The summed E-state index contributed by atoms with van der Waals surface area (Å²) in [5.41, 5.74) is 5.66. The van der Waals surface area contributed by atoms with Crippen LogP contribution in [0.25, 0.3) is 0 Å². The summed E-state index contributed by atoms with van der Waals surface area (Å²) in [6.45, 7) is 4.27. The van der Waals surface area contributed by atoms with Crippen molar-refractivity contribution in [1.82, 2.24) is 4.57 Å². The third-order valence-electron chi connectivity index (χ3n) is 1.92. The maximum absolute atomic E-state index is 11.0. The van der Waals surface area contributed by atoms with Crippen molar-refractivity contribution >= 4 is 5.69 Å². The molecule has 78 valence electrons. The molecule has 4 nitrogen and oxygen atoms in total. The molecule has 1 aromatic rings. The zero-order chi connectivity index (χ0) is 10.4. The Morgan fingerprint density at radius 3 is 3.00 bits per heavy atom. The SMILES string of the molecule is CCOCCCn1ccc(=O)c(N)c1. The Bertz CT molecular complexity index is 333. The van der Waals surface area contributed by atoms with Crippen LogP contribution < -0.4 is 11.2 Å². The van der Waals surface area contributed by atoms with Gasteiger partial charge in [-0.3, -0.25) is 4.79 Å². The molecule has 0 aromatic carbocycles. The van der Waals surface area contributed by atoms with Gasteiger partial charge in [-0.15, -0.1) is 0 Å². The lowest BCUT2D eigenvalue weighted by molar-refractivity contribution is 0.141. The fourth-order valence-electron chi connectivity index (χ4n) is 1.18. The highest BCUT2D eigenvalue weighted by Gasteiger charge is 1.94. The van der Waals surface area contributed by atoms with Gasteiger partial charge in [0.25, 0.3) is 0 Å². The minimum atomic E-state index is -0.119. The average molecular weight is 196 g/mol. The summed E-state index contributed by atoms with van der Waals surface area (Å²) in [7, 11) is 0. The molecule has 0 fully saturated rings. The van der Waals surface area contributed by atoms with Gasteiger partial charge in [0, 0.05) is 38.2 Å². The van der Waals surface area contributed by atoms with Gasteiger partial charge in [-0.1, -0.05) is 0 Å². The highest BCUT2D eigenvalue weighted by Crippen LogP contribution is 1.95. The summed E-state index contributed by atoms with van der Waals surface area (Å²) in [4.78, 5) is 11.0. The van der Waals surface area contributed by atoms with Crippen LogP contribution in [0.2, 0.25) is 0 Å². The quantitative estimate of drug-likeness (QED) is 0.710. The fourth-order valence-corrected chi connectivity index (χ4v) is 1.18. The van der Waals surface area contributed by atoms with Crippen LogP contribution in [0.3, 0.4) is 0 Å². The van der Waals surface area contributed by atoms with E-state index in [9.17, 15) is 4.79 Å². The molecule has 0 aliphatic heterocycles. The minimum Gasteiger partial charge on any atom is -0.394 e. The van der Waals surface area contributed by atoms with Crippen molar-refractivity contribution in [1.29, 1.82) is 0 Å². The monoisotopic (exact) mass is 196 g/mol. The summed E-state index contributed by atoms with van der Waals surface area (Å²) < 4.78 is 7.10. The molecule has 0 aliphatic rings. The van der Waals surface area contributed by atoms with Gasteiger partial charge in [0.2, 0.25) is 5.43 Å². The first-order chi connectivity index (χ1) is 6.74. The molecule has 0 atom stereocenters. The van der Waals surface area contributed by atoms with Crippen molar-refractivity contribution in [2.24, 2.45) is 0 Å². The van der Waals surface area contributed by atoms with Crippen LogP contribution >= 0.6 is 0 Å². The standard InChI is InChI=1S/C10H16N2O2/c1-2-14-7-3-5-12-6-4-10(13)9(11)8-12/h4,6,8H,2-3,5,7,11H2,1H3. The zero-order valence-corrected chi connectivity index (χ0v) is 8.40. The second kappa shape index (κ2) is 5.44. The van der Waals surface area contributed by atoms with Crippen molar-refractivity contribution in [3.8, 4) is 0 Å². The number of aromatic nitrogens is 1. The fraction of sp³-hybridized carbons (Fsp3) is 0.500. The zero-order valence-electron chi connectivity index (χ0n) is 8.40. The predicted octanol–water partition coefficient (Wildman–Crippen LogP) is 0.857. The summed E-state index contributed by atoms with van der Waals surface area (Å²) in [5, 5.41) is 0. The first kappa shape index (κ1) is 10.8.